The fourth-order valence-corrected chi connectivity index (χ4v) is 3.82. The summed E-state index contributed by atoms with van der Waals surface area (Å²) < 4.78 is 0. The smallest absolute Gasteiger partial charge is 0.326 e. The molecular weight excluding hydrogens is 522 g/mol. The highest BCUT2D eigenvalue weighted by molar-refractivity contribution is 5.94. The number of imidazole rings is 1. The molecule has 2 aromatic rings. The number of aromatic nitrogens is 2. The van der Waals surface area contributed by atoms with Crippen LogP contribution in [0.15, 0.2) is 36.8 Å². The fourth-order valence-electron chi connectivity index (χ4n) is 3.82. The number of nitrogens with one attached hydrogen (secondary N) is 4. The highest BCUT2D eigenvalue weighted by Crippen LogP contribution is 2.13. The number of hydrogen-bond acceptors (Lipinski definition) is 8. The molecule has 1 aromatic heterocycles. The number of nitrogens with zero attached hydrogens (tertiary/aromatic N) is 1. The molecule has 5 atom stereocenters. The molecular formula is C26H37N7O7. The van der Waals surface area contributed by atoms with Gasteiger partial charge < -0.3 is 42.6 Å². The Bertz CT molecular complexity index is 1150. The van der Waals surface area contributed by atoms with Crippen LogP contribution < -0.4 is 27.4 Å². The van der Waals surface area contributed by atoms with Crippen LogP contribution in [-0.4, -0.2) is 73.9 Å². The maximum atomic E-state index is 13.5. The van der Waals surface area contributed by atoms with Crippen molar-refractivity contribution in [2.75, 3.05) is 0 Å². The Balaban J connectivity index is 2.29. The molecule has 0 aliphatic carbocycles. The van der Waals surface area contributed by atoms with Crippen LogP contribution in [0.1, 0.15) is 44.4 Å². The minimum absolute atomic E-state index is 0.00726. The second kappa shape index (κ2) is 15.2. The number of carbonyl (C=O) groups excluding carboxylic acids is 4. The SMILES string of the molecule is CCC(C)C(NC(=O)C(Cc1cnc[nH]1)NC(=O)C(Cc1ccc(O)cc1)NC(=O)C(N)CCC(N)=O)C(=O)O. The summed E-state index contributed by atoms with van der Waals surface area (Å²) in [4.78, 5) is 69.1. The van der Waals surface area contributed by atoms with Crippen molar-refractivity contribution in [3.8, 4) is 5.75 Å². The van der Waals surface area contributed by atoms with Gasteiger partial charge in [-0.1, -0.05) is 32.4 Å². The Morgan fingerprint density at radius 1 is 0.975 bits per heavy atom. The summed E-state index contributed by atoms with van der Waals surface area (Å²) in [5.41, 5.74) is 12.1. The molecule has 218 valence electrons. The van der Waals surface area contributed by atoms with Gasteiger partial charge in [0.2, 0.25) is 23.6 Å². The van der Waals surface area contributed by atoms with E-state index in [2.05, 4.69) is 25.9 Å². The van der Waals surface area contributed by atoms with E-state index in [1.54, 1.807) is 26.0 Å². The molecule has 10 N–H and O–H groups in total. The number of amides is 4. The lowest BCUT2D eigenvalue weighted by Gasteiger charge is -2.26. The minimum Gasteiger partial charge on any atom is -0.508 e. The van der Waals surface area contributed by atoms with E-state index in [1.807, 2.05) is 0 Å². The zero-order valence-corrected chi connectivity index (χ0v) is 22.4. The predicted molar refractivity (Wildman–Crippen MR) is 143 cm³/mol. The average molecular weight is 560 g/mol. The van der Waals surface area contributed by atoms with Gasteiger partial charge in [-0.3, -0.25) is 19.2 Å². The maximum Gasteiger partial charge on any atom is 0.326 e. The second-order valence-corrected chi connectivity index (χ2v) is 9.60. The summed E-state index contributed by atoms with van der Waals surface area (Å²) in [6, 6.07) is 1.22. The van der Waals surface area contributed by atoms with Crippen LogP contribution in [-0.2, 0) is 36.8 Å². The zero-order valence-electron chi connectivity index (χ0n) is 22.4. The van der Waals surface area contributed by atoms with E-state index in [0.717, 1.165) is 0 Å². The molecule has 0 saturated heterocycles. The molecule has 5 unspecified atom stereocenters. The van der Waals surface area contributed by atoms with Crippen LogP contribution >= 0.6 is 0 Å². The Kier molecular flexibility index (Phi) is 12.1. The van der Waals surface area contributed by atoms with Crippen molar-refractivity contribution < 1.29 is 34.2 Å². The monoisotopic (exact) mass is 559 g/mol. The normalized spacial score (nSPS) is 14.7. The molecule has 0 aliphatic heterocycles. The van der Waals surface area contributed by atoms with E-state index < -0.39 is 53.8 Å². The summed E-state index contributed by atoms with van der Waals surface area (Å²) in [5, 5.41) is 26.9. The van der Waals surface area contributed by atoms with Gasteiger partial charge in [-0.05, 0) is 30.0 Å². The highest BCUT2D eigenvalue weighted by atomic mass is 16.4. The zero-order chi connectivity index (χ0) is 29.8. The number of nitrogens with two attached hydrogens (primary N) is 2. The van der Waals surface area contributed by atoms with Gasteiger partial charge in [0.1, 0.15) is 23.9 Å². The summed E-state index contributed by atoms with van der Waals surface area (Å²) in [6.45, 7) is 3.48. The summed E-state index contributed by atoms with van der Waals surface area (Å²) in [6.07, 6.45) is 3.12. The van der Waals surface area contributed by atoms with Crippen LogP contribution in [0, 0.1) is 5.92 Å². The van der Waals surface area contributed by atoms with Crippen LogP contribution in [0.25, 0.3) is 0 Å². The molecule has 2 rings (SSSR count). The van der Waals surface area contributed by atoms with Gasteiger partial charge in [0.25, 0.3) is 0 Å². The second-order valence-electron chi connectivity index (χ2n) is 9.60. The first-order valence-corrected chi connectivity index (χ1v) is 12.8. The Hall–Kier alpha value is -4.46. The van der Waals surface area contributed by atoms with Crippen LogP contribution in [0.4, 0.5) is 0 Å². The van der Waals surface area contributed by atoms with Gasteiger partial charge in [-0.2, -0.15) is 0 Å². The number of hydrogen-bond donors (Lipinski definition) is 8. The van der Waals surface area contributed by atoms with Gasteiger partial charge in [0.05, 0.1) is 12.4 Å². The molecule has 0 aliphatic rings. The van der Waals surface area contributed by atoms with Gasteiger partial charge in [-0.25, -0.2) is 9.78 Å². The van der Waals surface area contributed by atoms with Crippen LogP contribution in [0.2, 0.25) is 0 Å². The van der Waals surface area contributed by atoms with Gasteiger partial charge >= 0.3 is 5.97 Å². The third kappa shape index (κ3) is 10.0. The number of carbonyl (C=O) groups is 5. The Morgan fingerprint density at radius 3 is 2.12 bits per heavy atom. The molecule has 1 heterocycles. The lowest BCUT2D eigenvalue weighted by atomic mass is 9.98. The molecule has 0 bridgehead atoms. The number of phenols is 1. The minimum atomic E-state index is -1.22. The molecule has 1 aromatic carbocycles. The number of rotatable bonds is 16. The maximum absolute atomic E-state index is 13.5. The first-order valence-electron chi connectivity index (χ1n) is 12.8. The van der Waals surface area contributed by atoms with Crippen LogP contribution in [0.3, 0.4) is 0 Å². The molecule has 0 saturated carbocycles. The van der Waals surface area contributed by atoms with E-state index in [4.69, 9.17) is 11.5 Å². The van der Waals surface area contributed by atoms with Gasteiger partial charge in [0.15, 0.2) is 0 Å². The summed E-state index contributed by atoms with van der Waals surface area (Å²) in [7, 11) is 0. The topological polar surface area (TPSA) is 243 Å². The molecule has 40 heavy (non-hydrogen) atoms. The standard InChI is InChI=1S/C26H37N7O7/c1-3-14(2)22(26(39)40)33-25(38)20(11-16-12-29-13-30-16)32-24(37)19(10-15-4-6-17(34)7-5-15)31-23(36)18(27)8-9-21(28)35/h4-7,12-14,18-20,22,34H,3,8-11,27H2,1-2H3,(H2,28,35)(H,29,30)(H,31,36)(H,32,37)(H,33,38)(H,39,40). The number of aliphatic carboxylic acids is 1. The Labute approximate surface area is 231 Å². The molecule has 0 fully saturated rings. The molecule has 14 heteroatoms. The number of carboxylic acid groups (broad SMARTS) is 1. The van der Waals surface area contributed by atoms with Gasteiger partial charge in [-0.15, -0.1) is 0 Å². The van der Waals surface area contributed by atoms with Crippen molar-refractivity contribution in [2.45, 2.75) is 70.1 Å². The molecule has 4 amide bonds. The number of carboxylic acids is 1. The van der Waals surface area contributed by atoms with Crippen molar-refractivity contribution in [2.24, 2.45) is 17.4 Å². The third-order valence-corrected chi connectivity index (χ3v) is 6.44. The van der Waals surface area contributed by atoms with E-state index in [9.17, 15) is 34.2 Å². The number of primary amides is 1. The highest BCUT2D eigenvalue weighted by Gasteiger charge is 2.32. The van der Waals surface area contributed by atoms with E-state index in [1.165, 1.54) is 24.7 Å². The molecule has 0 radical (unpaired) electrons. The number of aromatic hydroxyl groups is 1. The first-order chi connectivity index (χ1) is 18.9. The Morgan fingerprint density at radius 2 is 1.57 bits per heavy atom. The molecule has 14 nitrogen and oxygen atoms in total. The van der Waals surface area contributed by atoms with Crippen molar-refractivity contribution >= 4 is 29.6 Å². The van der Waals surface area contributed by atoms with E-state index in [-0.39, 0.29) is 37.4 Å². The fraction of sp³-hybridized carbons (Fsp3) is 0.462. The average Bonchev–Trinajstić information content (AvgIpc) is 3.43. The van der Waals surface area contributed by atoms with Gasteiger partial charge in [0, 0.05) is 31.2 Å². The number of phenolic OH excluding ortho intramolecular Hbond substituents is 1. The van der Waals surface area contributed by atoms with Crippen molar-refractivity contribution in [1.82, 2.24) is 25.9 Å². The van der Waals surface area contributed by atoms with Crippen molar-refractivity contribution in [3.63, 3.8) is 0 Å². The number of H-pyrrole nitrogens is 1. The number of aromatic amines is 1. The first kappa shape index (κ1) is 31.8. The van der Waals surface area contributed by atoms with E-state index >= 15 is 0 Å². The number of benzene rings is 1. The lowest BCUT2D eigenvalue weighted by molar-refractivity contribution is -0.143. The van der Waals surface area contributed by atoms with Crippen molar-refractivity contribution in [3.05, 3.63) is 48.0 Å². The van der Waals surface area contributed by atoms with Crippen molar-refractivity contribution in [1.29, 1.82) is 0 Å². The summed E-state index contributed by atoms with van der Waals surface area (Å²) >= 11 is 0. The van der Waals surface area contributed by atoms with E-state index in [0.29, 0.717) is 17.7 Å². The quantitative estimate of drug-likeness (QED) is 0.127. The van der Waals surface area contributed by atoms with Crippen LogP contribution in [0.5, 0.6) is 5.75 Å². The third-order valence-electron chi connectivity index (χ3n) is 6.44. The summed E-state index contributed by atoms with van der Waals surface area (Å²) in [5.74, 6) is -4.40. The lowest BCUT2D eigenvalue weighted by Crippen LogP contribution is -2.58. The largest absolute Gasteiger partial charge is 0.508 e. The molecule has 0 spiro atoms. The predicted octanol–water partition coefficient (Wildman–Crippen LogP) is -0.922.